The van der Waals surface area contributed by atoms with Gasteiger partial charge in [-0.1, -0.05) is 30.3 Å². The van der Waals surface area contributed by atoms with Crippen molar-refractivity contribution in [2.75, 3.05) is 24.5 Å². The van der Waals surface area contributed by atoms with Crippen molar-refractivity contribution in [1.82, 2.24) is 9.62 Å². The molecule has 7 nitrogen and oxygen atoms in total. The van der Waals surface area contributed by atoms with Crippen molar-refractivity contribution in [1.29, 1.82) is 0 Å². The van der Waals surface area contributed by atoms with E-state index in [1.165, 1.54) is 4.31 Å². The Kier molecular flexibility index (Phi) is 6.38. The molecular weight excluding hydrogens is 414 g/mol. The molecular formula is C23H27N3O4S. The Hall–Kier alpha value is -2.71. The summed E-state index contributed by atoms with van der Waals surface area (Å²) in [4.78, 5) is 26.8. The molecule has 2 fully saturated rings. The molecule has 31 heavy (non-hydrogen) atoms. The topological polar surface area (TPSA) is 86.8 Å². The van der Waals surface area contributed by atoms with Crippen molar-refractivity contribution in [3.05, 3.63) is 60.2 Å². The van der Waals surface area contributed by atoms with Crippen molar-refractivity contribution >= 4 is 27.5 Å². The first-order valence-electron chi connectivity index (χ1n) is 10.7. The first kappa shape index (κ1) is 21.5. The summed E-state index contributed by atoms with van der Waals surface area (Å²) in [5.74, 6) is -0.394. The Bertz CT molecular complexity index is 1060. The minimum Gasteiger partial charge on any atom is -0.352 e. The van der Waals surface area contributed by atoms with Crippen LogP contribution in [-0.2, 0) is 26.2 Å². The van der Waals surface area contributed by atoms with E-state index >= 15 is 0 Å². The van der Waals surface area contributed by atoms with Gasteiger partial charge in [0.2, 0.25) is 21.8 Å². The zero-order valence-corrected chi connectivity index (χ0v) is 18.2. The van der Waals surface area contributed by atoms with Gasteiger partial charge >= 0.3 is 0 Å². The average Bonchev–Trinajstić information content (AvgIpc) is 3.24. The summed E-state index contributed by atoms with van der Waals surface area (Å²) >= 11 is 0. The molecule has 1 atom stereocenters. The van der Waals surface area contributed by atoms with Gasteiger partial charge in [0, 0.05) is 38.3 Å². The van der Waals surface area contributed by atoms with E-state index in [4.69, 9.17) is 0 Å². The highest BCUT2D eigenvalue weighted by atomic mass is 32.2. The number of sulfonamides is 1. The standard InChI is InChI=1S/C23H27N3O4S/c27-22-12-6-14-26(22)20-9-4-7-18(15-20)16-24-23(28)19-8-5-13-25(17-19)31(29,30)21-10-2-1-3-11-21/h1-4,7,9-11,15,19H,5-6,8,12-14,16-17H2,(H,24,28)/t19-/m1/s1. The van der Waals surface area contributed by atoms with Gasteiger partial charge < -0.3 is 10.2 Å². The molecule has 0 aliphatic carbocycles. The quantitative estimate of drug-likeness (QED) is 0.746. The first-order valence-corrected chi connectivity index (χ1v) is 12.1. The van der Waals surface area contributed by atoms with Crippen LogP contribution in [0.3, 0.4) is 0 Å². The number of piperidine rings is 1. The minimum absolute atomic E-state index is 0.128. The average molecular weight is 442 g/mol. The monoisotopic (exact) mass is 441 g/mol. The summed E-state index contributed by atoms with van der Waals surface area (Å²) in [6.07, 6.45) is 2.75. The summed E-state index contributed by atoms with van der Waals surface area (Å²) in [6, 6.07) is 16.0. The van der Waals surface area contributed by atoms with Crippen LogP contribution in [0.15, 0.2) is 59.5 Å². The van der Waals surface area contributed by atoms with Crippen LogP contribution in [0.1, 0.15) is 31.2 Å². The SMILES string of the molecule is O=C(NCc1cccc(N2CCCC2=O)c1)[C@@H]1CCCN(S(=O)(=O)c2ccccc2)C1. The summed E-state index contributed by atoms with van der Waals surface area (Å²) in [5, 5.41) is 2.95. The number of benzene rings is 2. The van der Waals surface area contributed by atoms with Crippen LogP contribution < -0.4 is 10.2 Å². The van der Waals surface area contributed by atoms with Crippen LogP contribution in [0.25, 0.3) is 0 Å². The fraction of sp³-hybridized carbons (Fsp3) is 0.391. The van der Waals surface area contributed by atoms with Gasteiger partial charge in [-0.05, 0) is 49.1 Å². The van der Waals surface area contributed by atoms with Gasteiger partial charge in [-0.2, -0.15) is 4.31 Å². The zero-order chi connectivity index (χ0) is 21.8. The Morgan fingerprint density at radius 2 is 1.84 bits per heavy atom. The molecule has 2 aromatic rings. The van der Waals surface area contributed by atoms with Crippen LogP contribution in [0.2, 0.25) is 0 Å². The highest BCUT2D eigenvalue weighted by Gasteiger charge is 2.33. The minimum atomic E-state index is -3.60. The molecule has 8 heteroatoms. The lowest BCUT2D eigenvalue weighted by Crippen LogP contribution is -2.45. The fourth-order valence-electron chi connectivity index (χ4n) is 4.21. The van der Waals surface area contributed by atoms with E-state index in [1.807, 2.05) is 24.3 Å². The van der Waals surface area contributed by atoms with Crippen LogP contribution in [-0.4, -0.2) is 44.2 Å². The van der Waals surface area contributed by atoms with E-state index < -0.39 is 10.0 Å². The van der Waals surface area contributed by atoms with E-state index in [9.17, 15) is 18.0 Å². The lowest BCUT2D eigenvalue weighted by molar-refractivity contribution is -0.126. The van der Waals surface area contributed by atoms with Crippen molar-refractivity contribution < 1.29 is 18.0 Å². The van der Waals surface area contributed by atoms with E-state index in [0.29, 0.717) is 32.4 Å². The largest absolute Gasteiger partial charge is 0.352 e. The van der Waals surface area contributed by atoms with Crippen LogP contribution in [0.5, 0.6) is 0 Å². The number of rotatable bonds is 6. The van der Waals surface area contributed by atoms with Crippen molar-refractivity contribution in [2.24, 2.45) is 5.92 Å². The molecule has 0 saturated carbocycles. The van der Waals surface area contributed by atoms with Crippen LogP contribution in [0.4, 0.5) is 5.69 Å². The van der Waals surface area contributed by atoms with Crippen LogP contribution >= 0.6 is 0 Å². The molecule has 0 unspecified atom stereocenters. The maximum atomic E-state index is 12.9. The van der Waals surface area contributed by atoms with Gasteiger partial charge in [0.1, 0.15) is 0 Å². The van der Waals surface area contributed by atoms with Crippen molar-refractivity contribution in [3.63, 3.8) is 0 Å². The number of nitrogens with zero attached hydrogens (tertiary/aromatic N) is 2. The molecule has 2 heterocycles. The maximum Gasteiger partial charge on any atom is 0.243 e. The molecule has 0 aromatic heterocycles. The summed E-state index contributed by atoms with van der Waals surface area (Å²) in [6.45, 7) is 1.68. The molecule has 2 saturated heterocycles. The lowest BCUT2D eigenvalue weighted by Gasteiger charge is -2.31. The molecule has 0 spiro atoms. The smallest absolute Gasteiger partial charge is 0.243 e. The number of anilines is 1. The van der Waals surface area contributed by atoms with Gasteiger partial charge in [0.25, 0.3) is 0 Å². The van der Waals surface area contributed by atoms with E-state index in [2.05, 4.69) is 5.32 Å². The normalized spacial score (nSPS) is 20.1. The Labute approximate surface area is 183 Å². The molecule has 0 radical (unpaired) electrons. The molecule has 1 N–H and O–H groups in total. The molecule has 2 aromatic carbocycles. The third kappa shape index (κ3) is 4.80. The highest BCUT2D eigenvalue weighted by Crippen LogP contribution is 2.25. The Morgan fingerprint density at radius 1 is 1.03 bits per heavy atom. The third-order valence-electron chi connectivity index (χ3n) is 5.90. The number of nitrogens with one attached hydrogen (secondary N) is 1. The van der Waals surface area contributed by atoms with E-state index in [-0.39, 0.29) is 29.2 Å². The Morgan fingerprint density at radius 3 is 2.58 bits per heavy atom. The number of carbonyl (C=O) groups is 2. The lowest BCUT2D eigenvalue weighted by atomic mass is 9.98. The second-order valence-electron chi connectivity index (χ2n) is 8.05. The second kappa shape index (κ2) is 9.20. The maximum absolute atomic E-state index is 12.9. The van der Waals surface area contributed by atoms with Crippen molar-refractivity contribution in [3.8, 4) is 0 Å². The third-order valence-corrected chi connectivity index (χ3v) is 7.78. The first-order chi connectivity index (χ1) is 14.9. The van der Waals surface area contributed by atoms with Crippen molar-refractivity contribution in [2.45, 2.75) is 37.1 Å². The number of amides is 2. The second-order valence-corrected chi connectivity index (χ2v) is 9.99. The summed E-state index contributed by atoms with van der Waals surface area (Å²) in [7, 11) is -3.60. The molecule has 2 aliphatic rings. The summed E-state index contributed by atoms with van der Waals surface area (Å²) < 4.78 is 27.2. The number of carbonyl (C=O) groups excluding carboxylic acids is 2. The number of hydrogen-bond acceptors (Lipinski definition) is 4. The predicted octanol–water partition coefficient (Wildman–Crippen LogP) is 2.53. The predicted molar refractivity (Wildman–Crippen MR) is 118 cm³/mol. The van der Waals surface area contributed by atoms with Gasteiger partial charge in [-0.15, -0.1) is 0 Å². The van der Waals surface area contributed by atoms with E-state index in [1.54, 1.807) is 35.2 Å². The van der Waals surface area contributed by atoms with E-state index in [0.717, 1.165) is 24.2 Å². The molecule has 2 amide bonds. The Balaban J connectivity index is 1.37. The highest BCUT2D eigenvalue weighted by molar-refractivity contribution is 7.89. The van der Waals surface area contributed by atoms with Gasteiger partial charge in [0.05, 0.1) is 10.8 Å². The van der Waals surface area contributed by atoms with Gasteiger partial charge in [-0.3, -0.25) is 9.59 Å². The molecule has 4 rings (SSSR count). The zero-order valence-electron chi connectivity index (χ0n) is 17.4. The van der Waals surface area contributed by atoms with Gasteiger partial charge in [-0.25, -0.2) is 8.42 Å². The molecule has 164 valence electrons. The van der Waals surface area contributed by atoms with Crippen LogP contribution in [0, 0.1) is 5.92 Å². The fourth-order valence-corrected chi connectivity index (χ4v) is 5.75. The number of hydrogen-bond donors (Lipinski definition) is 1. The molecule has 2 aliphatic heterocycles. The summed E-state index contributed by atoms with van der Waals surface area (Å²) in [5.41, 5.74) is 1.77. The van der Waals surface area contributed by atoms with Gasteiger partial charge in [0.15, 0.2) is 0 Å². The molecule has 0 bridgehead atoms.